The average molecular weight is 492 g/mol. The lowest BCUT2D eigenvalue weighted by Gasteiger charge is -2.20. The number of halogens is 2. The van der Waals surface area contributed by atoms with Gasteiger partial charge in [-0.05, 0) is 43.2 Å². The maximum Gasteiger partial charge on any atom is 0.260 e. The molecule has 8 heteroatoms. The van der Waals surface area contributed by atoms with Crippen LogP contribution in [0.15, 0.2) is 65.7 Å². The predicted molar refractivity (Wildman–Crippen MR) is 124 cm³/mol. The van der Waals surface area contributed by atoms with E-state index in [1.54, 1.807) is 28.8 Å². The number of rotatable bonds is 6. The summed E-state index contributed by atoms with van der Waals surface area (Å²) in [5.41, 5.74) is 2.73. The number of anilines is 1. The number of nitrogens with zero attached hydrogens (tertiary/aromatic N) is 4. The van der Waals surface area contributed by atoms with Gasteiger partial charge in [-0.25, -0.2) is 9.97 Å². The summed E-state index contributed by atoms with van der Waals surface area (Å²) in [5, 5.41) is 0.736. The molecule has 4 rings (SSSR count). The van der Waals surface area contributed by atoms with E-state index in [1.165, 1.54) is 0 Å². The maximum atomic E-state index is 13.3. The first-order valence-electron chi connectivity index (χ1n) is 9.01. The van der Waals surface area contributed by atoms with E-state index in [9.17, 15) is 4.79 Å². The molecule has 0 N–H and O–H groups in total. The van der Waals surface area contributed by atoms with Crippen molar-refractivity contribution in [3.05, 3.63) is 76.8 Å². The Labute approximate surface area is 187 Å². The second-order valence-corrected chi connectivity index (χ2v) is 8.46. The highest BCUT2D eigenvalue weighted by atomic mass is 79.9. The highest BCUT2D eigenvalue weighted by Crippen LogP contribution is 2.31. The highest BCUT2D eigenvalue weighted by molar-refractivity contribution is 9.10. The van der Waals surface area contributed by atoms with Crippen LogP contribution in [0.3, 0.4) is 0 Å². The van der Waals surface area contributed by atoms with Crippen LogP contribution < -0.4 is 4.90 Å². The Bertz CT molecular complexity index is 1110. The van der Waals surface area contributed by atoms with E-state index >= 15 is 0 Å². The van der Waals surface area contributed by atoms with Crippen molar-refractivity contribution in [3.63, 3.8) is 0 Å². The van der Waals surface area contributed by atoms with Gasteiger partial charge in [0.05, 0.1) is 16.5 Å². The third kappa shape index (κ3) is 4.86. The molecule has 0 aliphatic rings. The van der Waals surface area contributed by atoms with E-state index in [-0.39, 0.29) is 18.3 Å². The van der Waals surface area contributed by atoms with Crippen LogP contribution >= 0.6 is 39.7 Å². The molecule has 5 nitrogen and oxygen atoms in total. The fraction of sp³-hybridized carbons (Fsp3) is 0.190. The van der Waals surface area contributed by atoms with Gasteiger partial charge in [0.15, 0.2) is 5.13 Å². The Morgan fingerprint density at radius 3 is 2.79 bits per heavy atom. The number of carbonyl (C=O) groups is 1. The molecule has 0 saturated carbocycles. The minimum Gasteiger partial charge on any atom is -0.337 e. The number of thiazole rings is 1. The molecule has 0 saturated heterocycles. The summed E-state index contributed by atoms with van der Waals surface area (Å²) >= 11 is 5.02. The summed E-state index contributed by atoms with van der Waals surface area (Å²) in [6, 6.07) is 13.6. The monoisotopic (exact) mass is 490 g/mol. The van der Waals surface area contributed by atoms with E-state index in [0.29, 0.717) is 12.1 Å². The Kier molecular flexibility index (Phi) is 7.05. The maximum absolute atomic E-state index is 13.3. The molecule has 2 heterocycles. The zero-order valence-corrected chi connectivity index (χ0v) is 19.0. The summed E-state index contributed by atoms with van der Waals surface area (Å²) < 4.78 is 4.00. The molecule has 0 fully saturated rings. The lowest BCUT2D eigenvalue weighted by Crippen LogP contribution is -2.32. The molecule has 0 aliphatic carbocycles. The summed E-state index contributed by atoms with van der Waals surface area (Å²) in [4.78, 5) is 24.0. The third-order valence-electron chi connectivity index (χ3n) is 4.51. The van der Waals surface area contributed by atoms with Crippen LogP contribution in [0.4, 0.5) is 5.13 Å². The van der Waals surface area contributed by atoms with Gasteiger partial charge in [-0.3, -0.25) is 9.69 Å². The number of aromatic nitrogens is 3. The van der Waals surface area contributed by atoms with Crippen molar-refractivity contribution in [1.82, 2.24) is 14.5 Å². The molecular formula is C21H20BrClN4OS. The van der Waals surface area contributed by atoms with Crippen molar-refractivity contribution in [3.8, 4) is 0 Å². The lowest BCUT2D eigenvalue weighted by molar-refractivity contribution is 0.0986. The summed E-state index contributed by atoms with van der Waals surface area (Å²) in [6.45, 7) is 3.43. The van der Waals surface area contributed by atoms with E-state index in [0.717, 1.165) is 38.3 Å². The van der Waals surface area contributed by atoms with Gasteiger partial charge in [0, 0.05) is 35.5 Å². The number of amides is 1. The molecule has 0 bridgehead atoms. The van der Waals surface area contributed by atoms with Crippen LogP contribution in [0.5, 0.6) is 0 Å². The number of para-hydroxylation sites is 1. The van der Waals surface area contributed by atoms with Gasteiger partial charge >= 0.3 is 0 Å². The van der Waals surface area contributed by atoms with Gasteiger partial charge in [0.25, 0.3) is 5.91 Å². The molecular weight excluding hydrogens is 472 g/mol. The van der Waals surface area contributed by atoms with E-state index in [1.807, 2.05) is 54.1 Å². The fourth-order valence-electron chi connectivity index (χ4n) is 3.08. The normalized spacial score (nSPS) is 10.7. The molecule has 2 aromatic heterocycles. The van der Waals surface area contributed by atoms with Crippen molar-refractivity contribution in [1.29, 1.82) is 0 Å². The quantitative estimate of drug-likeness (QED) is 0.346. The van der Waals surface area contributed by atoms with Gasteiger partial charge in [-0.1, -0.05) is 45.5 Å². The summed E-state index contributed by atoms with van der Waals surface area (Å²) in [5.74, 6) is -0.0383. The molecule has 29 heavy (non-hydrogen) atoms. The Morgan fingerprint density at radius 1 is 1.24 bits per heavy atom. The second-order valence-electron chi connectivity index (χ2n) is 6.54. The second kappa shape index (κ2) is 9.52. The Morgan fingerprint density at radius 2 is 2.07 bits per heavy atom. The third-order valence-corrected chi connectivity index (χ3v) is 6.05. The van der Waals surface area contributed by atoms with Crippen LogP contribution in [-0.4, -0.2) is 27.0 Å². The molecule has 0 unspecified atom stereocenters. The fourth-order valence-corrected chi connectivity index (χ4v) is 4.55. The van der Waals surface area contributed by atoms with Crippen LogP contribution in [0.25, 0.3) is 10.2 Å². The number of aryl methyl sites for hydroxylation is 2. The molecule has 0 atom stereocenters. The standard InChI is InChI=1S/C21H19BrN4OS.ClH/c1-15-5-2-8-18-19(15)24-21(28-18)26(11-4-10-25-12-9-23-14-25)20(27)16-6-3-7-17(22)13-16;/h2-3,5-9,12-14H,4,10-11H2,1H3;1H. The zero-order valence-electron chi connectivity index (χ0n) is 15.8. The first-order chi connectivity index (χ1) is 13.6. The van der Waals surface area contributed by atoms with Crippen LogP contribution in [-0.2, 0) is 6.54 Å². The van der Waals surface area contributed by atoms with Gasteiger partial charge in [0.1, 0.15) is 0 Å². The lowest BCUT2D eigenvalue weighted by atomic mass is 10.2. The average Bonchev–Trinajstić information content (AvgIpc) is 3.35. The predicted octanol–water partition coefficient (Wildman–Crippen LogP) is 5.72. The topological polar surface area (TPSA) is 51.0 Å². The number of benzene rings is 2. The minimum absolute atomic E-state index is 0. The molecule has 150 valence electrons. The molecule has 0 spiro atoms. The zero-order chi connectivity index (χ0) is 19.5. The molecule has 2 aromatic carbocycles. The van der Waals surface area contributed by atoms with E-state index in [2.05, 4.69) is 27.0 Å². The highest BCUT2D eigenvalue weighted by Gasteiger charge is 2.21. The van der Waals surface area contributed by atoms with Gasteiger partial charge in [-0.15, -0.1) is 12.4 Å². The summed E-state index contributed by atoms with van der Waals surface area (Å²) in [7, 11) is 0. The SMILES string of the molecule is Cc1cccc2sc(N(CCCn3ccnc3)C(=O)c3cccc(Br)c3)nc12.Cl. The van der Waals surface area contributed by atoms with E-state index < -0.39 is 0 Å². The van der Waals surface area contributed by atoms with Crippen molar-refractivity contribution >= 4 is 60.9 Å². The van der Waals surface area contributed by atoms with Crippen molar-refractivity contribution in [2.24, 2.45) is 0 Å². The Hall–Kier alpha value is -2.22. The number of carbonyl (C=O) groups excluding carboxylic acids is 1. The van der Waals surface area contributed by atoms with E-state index in [4.69, 9.17) is 4.98 Å². The van der Waals surface area contributed by atoms with Gasteiger partial charge in [0.2, 0.25) is 0 Å². The smallest absolute Gasteiger partial charge is 0.260 e. The summed E-state index contributed by atoms with van der Waals surface area (Å²) in [6.07, 6.45) is 6.30. The van der Waals surface area contributed by atoms with Crippen LogP contribution in [0.2, 0.25) is 0 Å². The minimum atomic E-state index is -0.0383. The molecule has 0 aliphatic heterocycles. The van der Waals surface area contributed by atoms with Crippen molar-refractivity contribution < 1.29 is 4.79 Å². The van der Waals surface area contributed by atoms with Gasteiger partial charge < -0.3 is 4.57 Å². The number of imidazole rings is 1. The molecule has 1 amide bonds. The number of fused-ring (bicyclic) bond motifs is 1. The van der Waals surface area contributed by atoms with Crippen molar-refractivity contribution in [2.75, 3.05) is 11.4 Å². The van der Waals surface area contributed by atoms with Crippen LogP contribution in [0.1, 0.15) is 22.3 Å². The van der Waals surface area contributed by atoms with Crippen LogP contribution in [0, 0.1) is 6.92 Å². The largest absolute Gasteiger partial charge is 0.337 e. The van der Waals surface area contributed by atoms with Gasteiger partial charge in [-0.2, -0.15) is 0 Å². The molecule has 0 radical (unpaired) electrons. The number of hydrogen-bond donors (Lipinski definition) is 0. The first-order valence-corrected chi connectivity index (χ1v) is 10.6. The number of hydrogen-bond acceptors (Lipinski definition) is 4. The van der Waals surface area contributed by atoms with Crippen molar-refractivity contribution in [2.45, 2.75) is 19.9 Å². The Balaban J connectivity index is 0.00000240. The molecule has 4 aromatic rings. The first kappa shape index (κ1) is 21.5.